The molecule has 176 valence electrons. The van der Waals surface area contributed by atoms with Crippen LogP contribution in [-0.4, -0.2) is 35.1 Å². The van der Waals surface area contributed by atoms with Gasteiger partial charge in [0.1, 0.15) is 11.6 Å². The third-order valence-corrected chi connectivity index (χ3v) is 7.32. The van der Waals surface area contributed by atoms with Gasteiger partial charge in [0.25, 0.3) is 10.0 Å². The molecule has 0 saturated heterocycles. The fourth-order valence-electron chi connectivity index (χ4n) is 4.29. The molecular formula is C22H26F2N6O2S. The molecular weight excluding hydrogens is 450 g/mol. The molecule has 3 N–H and O–H groups in total. The van der Waals surface area contributed by atoms with Crippen molar-refractivity contribution in [3.63, 3.8) is 0 Å². The SMILES string of the molecule is C[C@@H](CC1CCCC1)NCc1ccccc1NS(=O)(=O)c1cc(F)c(-c2nnn[nH]2)c(F)c1. The highest BCUT2D eigenvalue weighted by atomic mass is 32.2. The Kier molecular flexibility index (Phi) is 6.99. The summed E-state index contributed by atoms with van der Waals surface area (Å²) < 4.78 is 57.4. The zero-order valence-electron chi connectivity index (χ0n) is 18.2. The largest absolute Gasteiger partial charge is 0.310 e. The van der Waals surface area contributed by atoms with E-state index in [9.17, 15) is 17.2 Å². The minimum absolute atomic E-state index is 0.231. The molecule has 1 aliphatic rings. The summed E-state index contributed by atoms with van der Waals surface area (Å²) in [5.74, 6) is -1.68. The van der Waals surface area contributed by atoms with Crippen LogP contribution >= 0.6 is 0 Å². The molecule has 0 aliphatic heterocycles. The molecule has 1 atom stereocenters. The lowest BCUT2D eigenvalue weighted by molar-refractivity contribution is 0.404. The first-order chi connectivity index (χ1) is 15.8. The number of anilines is 1. The highest BCUT2D eigenvalue weighted by Crippen LogP contribution is 2.29. The Hall–Kier alpha value is -2.92. The number of hydrogen-bond acceptors (Lipinski definition) is 6. The van der Waals surface area contributed by atoms with Crippen molar-refractivity contribution < 1.29 is 17.2 Å². The quantitative estimate of drug-likeness (QED) is 0.430. The monoisotopic (exact) mass is 476 g/mol. The number of halogens is 2. The van der Waals surface area contributed by atoms with Crippen LogP contribution in [0.25, 0.3) is 11.4 Å². The van der Waals surface area contributed by atoms with Gasteiger partial charge in [-0.25, -0.2) is 22.3 Å². The van der Waals surface area contributed by atoms with E-state index in [0.29, 0.717) is 18.3 Å². The van der Waals surface area contributed by atoms with Crippen LogP contribution in [0, 0.1) is 17.6 Å². The molecule has 8 nitrogen and oxygen atoms in total. The van der Waals surface area contributed by atoms with Crippen LogP contribution in [0.1, 0.15) is 44.6 Å². The number of aromatic amines is 1. The summed E-state index contributed by atoms with van der Waals surface area (Å²) in [5, 5.41) is 15.8. The van der Waals surface area contributed by atoms with Crippen LogP contribution in [0.3, 0.4) is 0 Å². The second-order valence-electron chi connectivity index (χ2n) is 8.44. The van der Waals surface area contributed by atoms with Crippen molar-refractivity contribution in [2.45, 2.75) is 56.5 Å². The van der Waals surface area contributed by atoms with E-state index in [2.05, 4.69) is 37.6 Å². The maximum absolute atomic E-state index is 14.5. The number of aromatic nitrogens is 4. The molecule has 1 fully saturated rings. The maximum atomic E-state index is 14.5. The highest BCUT2D eigenvalue weighted by Gasteiger charge is 2.23. The fourth-order valence-corrected chi connectivity index (χ4v) is 5.41. The number of rotatable bonds is 9. The molecule has 3 aromatic rings. The number of H-pyrrole nitrogens is 1. The molecule has 4 rings (SSSR count). The van der Waals surface area contributed by atoms with Gasteiger partial charge in [-0.15, -0.1) is 5.10 Å². The second-order valence-corrected chi connectivity index (χ2v) is 10.1. The van der Waals surface area contributed by atoms with Gasteiger partial charge in [0, 0.05) is 12.6 Å². The summed E-state index contributed by atoms with van der Waals surface area (Å²) in [5.41, 5.74) is 0.562. The Morgan fingerprint density at radius 2 is 1.85 bits per heavy atom. The molecule has 1 aliphatic carbocycles. The number of nitrogens with one attached hydrogen (secondary N) is 3. The Bertz CT molecular complexity index is 1170. The number of tetrazole rings is 1. The van der Waals surface area contributed by atoms with E-state index >= 15 is 0 Å². The molecule has 1 heterocycles. The zero-order valence-corrected chi connectivity index (χ0v) is 19.0. The van der Waals surface area contributed by atoms with E-state index in [1.165, 1.54) is 25.7 Å². The van der Waals surface area contributed by atoms with Crippen molar-refractivity contribution in [1.82, 2.24) is 25.9 Å². The summed E-state index contributed by atoms with van der Waals surface area (Å²) in [4.78, 5) is -0.536. The van der Waals surface area contributed by atoms with Crippen molar-refractivity contribution in [3.8, 4) is 11.4 Å². The van der Waals surface area contributed by atoms with E-state index < -0.39 is 32.1 Å². The van der Waals surface area contributed by atoms with Crippen molar-refractivity contribution in [1.29, 1.82) is 0 Å². The lowest BCUT2D eigenvalue weighted by atomic mass is 9.99. The molecule has 0 unspecified atom stereocenters. The zero-order chi connectivity index (χ0) is 23.4. The third kappa shape index (κ3) is 5.53. The number of sulfonamides is 1. The van der Waals surface area contributed by atoms with Crippen molar-refractivity contribution in [3.05, 3.63) is 53.6 Å². The summed E-state index contributed by atoms with van der Waals surface area (Å²) in [6, 6.07) is 8.73. The number of benzene rings is 2. The van der Waals surface area contributed by atoms with Crippen LogP contribution in [0.4, 0.5) is 14.5 Å². The van der Waals surface area contributed by atoms with Crippen molar-refractivity contribution >= 4 is 15.7 Å². The Morgan fingerprint density at radius 3 is 2.52 bits per heavy atom. The summed E-state index contributed by atoms with van der Waals surface area (Å²) >= 11 is 0. The van der Waals surface area contributed by atoms with Crippen LogP contribution in [0.5, 0.6) is 0 Å². The predicted molar refractivity (Wildman–Crippen MR) is 120 cm³/mol. The fraction of sp³-hybridized carbons (Fsp3) is 0.409. The predicted octanol–water partition coefficient (Wildman–Crippen LogP) is 4.00. The molecule has 2 aromatic carbocycles. The first-order valence-corrected chi connectivity index (χ1v) is 12.4. The first kappa shape index (κ1) is 23.2. The van der Waals surface area contributed by atoms with E-state index in [4.69, 9.17) is 0 Å². The van der Waals surface area contributed by atoms with Gasteiger partial charge >= 0.3 is 0 Å². The Morgan fingerprint density at radius 1 is 1.15 bits per heavy atom. The summed E-state index contributed by atoms with van der Waals surface area (Å²) in [6.45, 7) is 2.59. The lowest BCUT2D eigenvalue weighted by Crippen LogP contribution is -2.28. The maximum Gasteiger partial charge on any atom is 0.262 e. The molecule has 11 heteroatoms. The van der Waals surface area contributed by atoms with Crippen LogP contribution in [0.15, 0.2) is 41.3 Å². The first-order valence-electron chi connectivity index (χ1n) is 10.9. The number of nitrogens with zero attached hydrogens (tertiary/aromatic N) is 3. The summed E-state index contributed by atoms with van der Waals surface area (Å²) in [7, 11) is -4.24. The van der Waals surface area contributed by atoms with E-state index in [-0.39, 0.29) is 5.82 Å². The van der Waals surface area contributed by atoms with Gasteiger partial charge in [0.2, 0.25) is 0 Å². The Labute approximate surface area is 191 Å². The molecule has 33 heavy (non-hydrogen) atoms. The van der Waals surface area contributed by atoms with E-state index in [1.807, 2.05) is 12.1 Å². The topological polar surface area (TPSA) is 113 Å². The molecule has 0 bridgehead atoms. The summed E-state index contributed by atoms with van der Waals surface area (Å²) in [6.07, 6.45) is 6.20. The smallest absolute Gasteiger partial charge is 0.262 e. The molecule has 0 spiro atoms. The number of para-hydroxylation sites is 1. The molecule has 1 saturated carbocycles. The van der Waals surface area contributed by atoms with Gasteiger partial charge in [-0.2, -0.15) is 0 Å². The normalized spacial score (nSPS) is 15.6. The molecule has 0 amide bonds. The molecule has 1 aromatic heterocycles. The second kappa shape index (κ2) is 9.92. The van der Waals surface area contributed by atoms with Gasteiger partial charge < -0.3 is 5.32 Å². The minimum Gasteiger partial charge on any atom is -0.310 e. The van der Waals surface area contributed by atoms with Crippen LogP contribution < -0.4 is 10.0 Å². The van der Waals surface area contributed by atoms with Crippen LogP contribution in [0.2, 0.25) is 0 Å². The number of hydrogen-bond donors (Lipinski definition) is 3. The van der Waals surface area contributed by atoms with Gasteiger partial charge in [-0.05, 0) is 53.5 Å². The third-order valence-electron chi connectivity index (χ3n) is 5.97. The van der Waals surface area contributed by atoms with Crippen LogP contribution in [-0.2, 0) is 16.6 Å². The van der Waals surface area contributed by atoms with Gasteiger partial charge in [0.05, 0.1) is 16.1 Å². The van der Waals surface area contributed by atoms with Crippen molar-refractivity contribution in [2.75, 3.05) is 4.72 Å². The standard InChI is InChI=1S/C22H26F2N6O2S/c1-14(10-15-6-2-3-7-15)25-13-16-8-4-5-9-20(16)28-33(31,32)17-11-18(23)21(19(24)12-17)22-26-29-30-27-22/h4-5,8-9,11-12,14-15,25,28H,2-3,6-7,10,13H2,1H3,(H,26,27,29,30)/t14-/m0/s1. The van der Waals surface area contributed by atoms with E-state index in [1.54, 1.807) is 12.1 Å². The molecule has 0 radical (unpaired) electrons. The van der Waals surface area contributed by atoms with Gasteiger partial charge in [0.15, 0.2) is 5.82 Å². The lowest BCUT2D eigenvalue weighted by Gasteiger charge is -2.19. The average Bonchev–Trinajstić information content (AvgIpc) is 3.47. The minimum atomic E-state index is -4.24. The highest BCUT2D eigenvalue weighted by molar-refractivity contribution is 7.92. The Balaban J connectivity index is 1.49. The van der Waals surface area contributed by atoms with Crippen molar-refractivity contribution in [2.24, 2.45) is 5.92 Å². The van der Waals surface area contributed by atoms with Gasteiger partial charge in [-0.1, -0.05) is 43.9 Å². The average molecular weight is 477 g/mol. The van der Waals surface area contributed by atoms with E-state index in [0.717, 1.165) is 30.0 Å². The van der Waals surface area contributed by atoms with Gasteiger partial charge in [-0.3, -0.25) is 4.72 Å².